The first-order chi connectivity index (χ1) is 7.49. The molecule has 0 aromatic heterocycles. The van der Waals surface area contributed by atoms with Crippen LogP contribution in [0.15, 0.2) is 12.7 Å². The summed E-state index contributed by atoms with van der Waals surface area (Å²) in [6, 6.07) is 1.24. The predicted octanol–water partition coefficient (Wildman–Crippen LogP) is 2.91. The molecule has 0 aliphatic carbocycles. The standard InChI is InChI=1S/C14H30N2/c1-7-9-13(4)14(5)15-10-8-11-16(6)12(2)3/h7,12-15H,1,8-11H2,2-6H3. The van der Waals surface area contributed by atoms with Crippen molar-refractivity contribution in [2.75, 3.05) is 20.1 Å². The number of nitrogens with one attached hydrogen (secondary N) is 1. The Hall–Kier alpha value is -0.340. The number of rotatable bonds is 9. The van der Waals surface area contributed by atoms with E-state index in [0.29, 0.717) is 18.0 Å². The minimum atomic E-state index is 0.586. The van der Waals surface area contributed by atoms with Crippen molar-refractivity contribution in [3.63, 3.8) is 0 Å². The smallest absolute Gasteiger partial charge is 0.00673 e. The molecule has 2 atom stereocenters. The van der Waals surface area contributed by atoms with Gasteiger partial charge in [0.05, 0.1) is 0 Å². The molecule has 0 rings (SSSR count). The van der Waals surface area contributed by atoms with Crippen molar-refractivity contribution in [1.82, 2.24) is 10.2 Å². The molecule has 2 unspecified atom stereocenters. The second-order valence-corrected chi connectivity index (χ2v) is 5.17. The molecule has 16 heavy (non-hydrogen) atoms. The van der Waals surface area contributed by atoms with Crippen LogP contribution in [0.3, 0.4) is 0 Å². The first kappa shape index (κ1) is 15.7. The molecule has 0 fully saturated rings. The highest BCUT2D eigenvalue weighted by Crippen LogP contribution is 2.07. The minimum absolute atomic E-state index is 0.586. The summed E-state index contributed by atoms with van der Waals surface area (Å²) in [5.41, 5.74) is 0. The molecule has 0 saturated heterocycles. The molecule has 0 aromatic rings. The second-order valence-electron chi connectivity index (χ2n) is 5.17. The fourth-order valence-corrected chi connectivity index (χ4v) is 1.58. The van der Waals surface area contributed by atoms with Gasteiger partial charge in [0.1, 0.15) is 0 Å². The maximum absolute atomic E-state index is 3.79. The average Bonchev–Trinajstić information content (AvgIpc) is 2.23. The van der Waals surface area contributed by atoms with E-state index in [1.54, 1.807) is 0 Å². The molecule has 0 spiro atoms. The summed E-state index contributed by atoms with van der Waals surface area (Å²) < 4.78 is 0. The molecule has 0 aromatic carbocycles. The summed E-state index contributed by atoms with van der Waals surface area (Å²) in [7, 11) is 2.19. The van der Waals surface area contributed by atoms with Gasteiger partial charge in [0.2, 0.25) is 0 Å². The van der Waals surface area contributed by atoms with E-state index in [9.17, 15) is 0 Å². The van der Waals surface area contributed by atoms with Crippen LogP contribution in [0.4, 0.5) is 0 Å². The van der Waals surface area contributed by atoms with Crippen molar-refractivity contribution in [3.8, 4) is 0 Å². The predicted molar refractivity (Wildman–Crippen MR) is 73.8 cm³/mol. The normalized spacial score (nSPS) is 15.4. The van der Waals surface area contributed by atoms with Crippen LogP contribution >= 0.6 is 0 Å². The third kappa shape index (κ3) is 7.02. The third-order valence-corrected chi connectivity index (χ3v) is 3.43. The van der Waals surface area contributed by atoms with Gasteiger partial charge in [0.15, 0.2) is 0 Å². The van der Waals surface area contributed by atoms with Crippen LogP contribution in [0.5, 0.6) is 0 Å². The van der Waals surface area contributed by atoms with Gasteiger partial charge >= 0.3 is 0 Å². The Kier molecular flexibility index (Phi) is 8.58. The Morgan fingerprint density at radius 1 is 1.25 bits per heavy atom. The number of hydrogen-bond acceptors (Lipinski definition) is 2. The maximum atomic E-state index is 3.79. The Bertz CT molecular complexity index is 178. The molecule has 2 nitrogen and oxygen atoms in total. The lowest BCUT2D eigenvalue weighted by molar-refractivity contribution is 0.265. The van der Waals surface area contributed by atoms with Crippen LogP contribution in [0, 0.1) is 5.92 Å². The summed E-state index contributed by atoms with van der Waals surface area (Å²) in [5, 5.41) is 3.59. The molecule has 1 N–H and O–H groups in total. The van der Waals surface area contributed by atoms with E-state index >= 15 is 0 Å². The molecule has 0 heterocycles. The van der Waals surface area contributed by atoms with E-state index in [1.807, 2.05) is 6.08 Å². The van der Waals surface area contributed by atoms with Crippen molar-refractivity contribution in [3.05, 3.63) is 12.7 Å². The second kappa shape index (κ2) is 8.77. The minimum Gasteiger partial charge on any atom is -0.314 e. The highest BCUT2D eigenvalue weighted by atomic mass is 15.1. The lowest BCUT2D eigenvalue weighted by atomic mass is 10.00. The molecule has 0 amide bonds. The van der Waals surface area contributed by atoms with Gasteiger partial charge in [-0.05, 0) is 59.7 Å². The van der Waals surface area contributed by atoms with Crippen LogP contribution in [-0.2, 0) is 0 Å². The van der Waals surface area contributed by atoms with E-state index in [2.05, 4.69) is 51.5 Å². The Balaban J connectivity index is 3.54. The molecule has 0 bridgehead atoms. The number of hydrogen-bond donors (Lipinski definition) is 1. The fourth-order valence-electron chi connectivity index (χ4n) is 1.58. The topological polar surface area (TPSA) is 15.3 Å². The zero-order valence-electron chi connectivity index (χ0n) is 11.8. The van der Waals surface area contributed by atoms with Crippen molar-refractivity contribution in [2.45, 2.75) is 52.6 Å². The first-order valence-electron chi connectivity index (χ1n) is 6.53. The molecule has 2 heteroatoms. The van der Waals surface area contributed by atoms with E-state index in [4.69, 9.17) is 0 Å². The van der Waals surface area contributed by atoms with Crippen LogP contribution < -0.4 is 5.32 Å². The molecular weight excluding hydrogens is 196 g/mol. The van der Waals surface area contributed by atoms with E-state index in [1.165, 1.54) is 13.0 Å². The van der Waals surface area contributed by atoms with Gasteiger partial charge in [0, 0.05) is 12.1 Å². The van der Waals surface area contributed by atoms with Crippen molar-refractivity contribution >= 4 is 0 Å². The molecule has 0 saturated carbocycles. The van der Waals surface area contributed by atoms with E-state index < -0.39 is 0 Å². The summed E-state index contributed by atoms with van der Waals surface area (Å²) >= 11 is 0. The highest BCUT2D eigenvalue weighted by Gasteiger charge is 2.09. The Morgan fingerprint density at radius 2 is 1.88 bits per heavy atom. The Labute approximate surface area is 102 Å². The largest absolute Gasteiger partial charge is 0.314 e. The molecular formula is C14H30N2. The van der Waals surface area contributed by atoms with Gasteiger partial charge in [-0.1, -0.05) is 13.0 Å². The SMILES string of the molecule is C=CCC(C)C(C)NCCCN(C)C(C)C. The monoisotopic (exact) mass is 226 g/mol. The molecule has 0 radical (unpaired) electrons. The number of allylic oxidation sites excluding steroid dienone is 1. The molecule has 96 valence electrons. The van der Waals surface area contributed by atoms with Gasteiger partial charge in [-0.15, -0.1) is 6.58 Å². The lowest BCUT2D eigenvalue weighted by Crippen LogP contribution is -2.35. The maximum Gasteiger partial charge on any atom is 0.00673 e. The van der Waals surface area contributed by atoms with Crippen molar-refractivity contribution in [1.29, 1.82) is 0 Å². The number of nitrogens with zero attached hydrogens (tertiary/aromatic N) is 1. The van der Waals surface area contributed by atoms with Crippen molar-refractivity contribution in [2.24, 2.45) is 5.92 Å². The average molecular weight is 226 g/mol. The zero-order chi connectivity index (χ0) is 12.6. The molecule has 0 aliphatic heterocycles. The van der Waals surface area contributed by atoms with Crippen LogP contribution in [-0.4, -0.2) is 37.1 Å². The van der Waals surface area contributed by atoms with Gasteiger partial charge in [-0.25, -0.2) is 0 Å². The van der Waals surface area contributed by atoms with E-state index in [-0.39, 0.29) is 0 Å². The highest BCUT2D eigenvalue weighted by molar-refractivity contribution is 4.77. The fraction of sp³-hybridized carbons (Fsp3) is 0.857. The van der Waals surface area contributed by atoms with Gasteiger partial charge < -0.3 is 10.2 Å². The van der Waals surface area contributed by atoms with Crippen LogP contribution in [0.1, 0.15) is 40.5 Å². The quantitative estimate of drug-likeness (QED) is 0.480. The summed E-state index contributed by atoms with van der Waals surface area (Å²) in [6.45, 7) is 15.1. The zero-order valence-corrected chi connectivity index (χ0v) is 11.8. The van der Waals surface area contributed by atoms with Gasteiger partial charge in [-0.2, -0.15) is 0 Å². The summed E-state index contributed by atoms with van der Waals surface area (Å²) in [5.74, 6) is 0.681. The van der Waals surface area contributed by atoms with Gasteiger partial charge in [-0.3, -0.25) is 0 Å². The van der Waals surface area contributed by atoms with Crippen molar-refractivity contribution < 1.29 is 0 Å². The van der Waals surface area contributed by atoms with Crippen LogP contribution in [0.2, 0.25) is 0 Å². The first-order valence-corrected chi connectivity index (χ1v) is 6.53. The Morgan fingerprint density at radius 3 is 2.38 bits per heavy atom. The summed E-state index contributed by atoms with van der Waals surface area (Å²) in [4.78, 5) is 2.39. The van der Waals surface area contributed by atoms with E-state index in [0.717, 1.165) is 13.0 Å². The molecule has 0 aliphatic rings. The van der Waals surface area contributed by atoms with Gasteiger partial charge in [0.25, 0.3) is 0 Å². The lowest BCUT2D eigenvalue weighted by Gasteiger charge is -2.23. The summed E-state index contributed by atoms with van der Waals surface area (Å²) in [6.07, 6.45) is 4.33. The third-order valence-electron chi connectivity index (χ3n) is 3.43. The van der Waals surface area contributed by atoms with Crippen LogP contribution in [0.25, 0.3) is 0 Å².